The molecule has 4 aromatic carbocycles. The summed E-state index contributed by atoms with van der Waals surface area (Å²) >= 11 is 0. The summed E-state index contributed by atoms with van der Waals surface area (Å²) in [6.07, 6.45) is 13.4. The van der Waals surface area contributed by atoms with E-state index >= 15 is 0 Å². The SMILES string of the molecule is C.C[C@H](N)c1cc2cccc(C#Cc3cnn(C)c3)c2c(=O)n1-c1ccccc1.C[C@H](NC(=O)c1c(N)nn2cccnc12)c1cc2cccc(C#Cc3cnn(C)c3)c2c(=O)n1-c1ccccc1.Nc1nn2cccnc2c1C(=O)O. The topological polar surface area (TPSA) is 284 Å². The van der Waals surface area contributed by atoms with Crippen molar-refractivity contribution in [1.82, 2.24) is 63.2 Å². The van der Waals surface area contributed by atoms with E-state index in [1.165, 1.54) is 15.2 Å². The van der Waals surface area contributed by atoms with E-state index in [9.17, 15) is 19.2 Å². The number of nitrogens with two attached hydrogens (primary N) is 3. The molecular weight excluding hydrogens is 1040 g/mol. The molecule has 0 aliphatic heterocycles. The Morgan fingerprint density at radius 1 is 0.598 bits per heavy atom. The van der Waals surface area contributed by atoms with Crippen molar-refractivity contribution in [2.24, 2.45) is 19.8 Å². The summed E-state index contributed by atoms with van der Waals surface area (Å²) in [4.78, 5) is 59.9. The van der Waals surface area contributed by atoms with Gasteiger partial charge in [0.25, 0.3) is 17.0 Å². The number of carboxylic acid groups (broad SMARTS) is 1. The summed E-state index contributed by atoms with van der Waals surface area (Å²) in [6.45, 7) is 3.70. The second-order valence-corrected chi connectivity index (χ2v) is 18.5. The van der Waals surface area contributed by atoms with Crippen LogP contribution in [-0.4, -0.2) is 74.9 Å². The number of benzene rings is 4. The lowest BCUT2D eigenvalue weighted by Crippen LogP contribution is -2.32. The van der Waals surface area contributed by atoms with Gasteiger partial charge in [0, 0.05) is 91.2 Å². The monoisotopic (exact) mass is 1090 g/mol. The summed E-state index contributed by atoms with van der Waals surface area (Å²) in [5.74, 6) is 11.0. The predicted molar refractivity (Wildman–Crippen MR) is 314 cm³/mol. The van der Waals surface area contributed by atoms with Crippen LogP contribution in [0.15, 0.2) is 180 Å². The van der Waals surface area contributed by atoms with Crippen LogP contribution < -0.4 is 33.6 Å². The van der Waals surface area contributed by atoms with E-state index in [1.807, 2.05) is 150 Å². The molecule has 0 aliphatic carbocycles. The fourth-order valence-electron chi connectivity index (χ4n) is 9.14. The van der Waals surface area contributed by atoms with E-state index in [0.29, 0.717) is 44.3 Å². The highest BCUT2D eigenvalue weighted by molar-refractivity contribution is 6.04. The second-order valence-electron chi connectivity index (χ2n) is 18.5. The average molecular weight is 1090 g/mol. The first kappa shape index (κ1) is 55.3. The van der Waals surface area contributed by atoms with E-state index in [2.05, 4.69) is 59.4 Å². The van der Waals surface area contributed by atoms with Gasteiger partial charge in [-0.05, 0) is 85.3 Å². The van der Waals surface area contributed by atoms with E-state index in [-0.39, 0.29) is 53.0 Å². The number of fused-ring (bicyclic) bond motifs is 4. The standard InChI is InChI=1S/C30H24N8O2.C23H20N4O.C7H6N4O2.CH4/c1-19(34-29(39)26-27(31)35-37-15-7-14-32-28(26)37)24-16-22-9-6-8-21(13-12-20-17-33-36(2)18-20)25(22)30(40)38(24)23-10-4-3-5-11-23;1-16(24)21-13-19-8-6-7-18(12-11-17-14-25-26(2)15-17)22(19)23(28)27(21)20-9-4-3-5-10-20;8-5-4(7(12)13)6-9-2-1-3-11(6)10-5;/h3-11,14-19H,1-2H3,(H2,31,35)(H,34,39);3-10,13-16H,24H2,1-2H3;1-3H,(H2,8,10)(H,12,13);1H4/t19-;16-;;/m00../s1. The van der Waals surface area contributed by atoms with Crippen molar-refractivity contribution in [1.29, 1.82) is 0 Å². The predicted octanol–water partition coefficient (Wildman–Crippen LogP) is 7.03. The van der Waals surface area contributed by atoms with Crippen LogP contribution in [0.3, 0.4) is 0 Å². The lowest BCUT2D eigenvalue weighted by atomic mass is 10.0. The van der Waals surface area contributed by atoms with Crippen molar-refractivity contribution in [2.45, 2.75) is 33.4 Å². The van der Waals surface area contributed by atoms with Crippen LogP contribution >= 0.6 is 0 Å². The summed E-state index contributed by atoms with van der Waals surface area (Å²) in [5, 5.41) is 30.6. The molecule has 21 nitrogen and oxygen atoms in total. The Bertz CT molecular complexity index is 4630. The zero-order valence-electron chi connectivity index (χ0n) is 44.0. The van der Waals surface area contributed by atoms with Gasteiger partial charge in [-0.3, -0.25) is 32.9 Å². The number of hydrogen-bond acceptors (Lipinski definition) is 13. The summed E-state index contributed by atoms with van der Waals surface area (Å²) < 4.78 is 9.46. The minimum Gasteiger partial charge on any atom is -0.477 e. The summed E-state index contributed by atoms with van der Waals surface area (Å²) in [7, 11) is 3.67. The normalized spacial score (nSPS) is 11.4. The maximum atomic E-state index is 14.2. The zero-order chi connectivity index (χ0) is 56.9. The van der Waals surface area contributed by atoms with Crippen LogP contribution in [0.2, 0.25) is 0 Å². The minimum atomic E-state index is -1.12. The Balaban J connectivity index is 0.000000166. The number of aromatic carboxylic acids is 1. The van der Waals surface area contributed by atoms with Gasteiger partial charge in [0.2, 0.25) is 0 Å². The number of nitrogen functional groups attached to an aromatic ring is 2. The van der Waals surface area contributed by atoms with E-state index < -0.39 is 17.9 Å². The fourth-order valence-corrected chi connectivity index (χ4v) is 9.14. The molecule has 1 amide bonds. The summed E-state index contributed by atoms with van der Waals surface area (Å²) in [5.41, 5.74) is 23.7. The molecule has 0 unspecified atom stereocenters. The first-order chi connectivity index (χ1) is 39.1. The molecule has 8 N–H and O–H groups in total. The number of aromatic nitrogens is 12. The molecule has 0 fully saturated rings. The zero-order valence-corrected chi connectivity index (χ0v) is 44.0. The first-order valence-electron chi connectivity index (χ1n) is 25.1. The third-order valence-corrected chi connectivity index (χ3v) is 12.8. The van der Waals surface area contributed by atoms with Gasteiger partial charge in [-0.2, -0.15) is 10.2 Å². The third kappa shape index (κ3) is 11.3. The van der Waals surface area contributed by atoms with Gasteiger partial charge in [-0.25, -0.2) is 23.8 Å². The molecule has 8 aromatic heterocycles. The highest BCUT2D eigenvalue weighted by Gasteiger charge is 2.24. The van der Waals surface area contributed by atoms with E-state index in [4.69, 9.17) is 22.3 Å². The smallest absolute Gasteiger partial charge is 0.343 e. The molecular formula is C61H54N16O5. The largest absolute Gasteiger partial charge is 0.477 e. The number of para-hydroxylation sites is 2. The second kappa shape index (κ2) is 23.7. The third-order valence-electron chi connectivity index (χ3n) is 12.8. The number of nitrogens with zero attached hydrogens (tertiary/aromatic N) is 12. The molecule has 2 atom stereocenters. The fraction of sp³-hybridized carbons (Fsp3) is 0.115. The van der Waals surface area contributed by atoms with Gasteiger partial charge in [0.05, 0.1) is 40.3 Å². The molecule has 21 heteroatoms. The van der Waals surface area contributed by atoms with Crippen LogP contribution in [0.1, 0.15) is 87.7 Å². The lowest BCUT2D eigenvalue weighted by Gasteiger charge is -2.21. The quantitative estimate of drug-likeness (QED) is 0.100. The molecule has 0 saturated heterocycles. The number of carboxylic acids is 1. The number of pyridine rings is 2. The molecule has 12 aromatic rings. The molecule has 0 aliphatic rings. The van der Waals surface area contributed by atoms with Crippen molar-refractivity contribution in [2.75, 3.05) is 11.5 Å². The van der Waals surface area contributed by atoms with Crippen LogP contribution in [0.5, 0.6) is 0 Å². The van der Waals surface area contributed by atoms with Gasteiger partial charge in [-0.15, -0.1) is 10.2 Å². The first-order valence-corrected chi connectivity index (χ1v) is 25.1. The van der Waals surface area contributed by atoms with Crippen LogP contribution in [-0.2, 0) is 14.1 Å². The highest BCUT2D eigenvalue weighted by Crippen LogP contribution is 2.26. The maximum Gasteiger partial charge on any atom is 0.343 e. The van der Waals surface area contributed by atoms with Gasteiger partial charge in [0.1, 0.15) is 11.1 Å². The maximum absolute atomic E-state index is 14.2. The Labute approximate surface area is 468 Å². The number of nitrogens with one attached hydrogen (secondary N) is 1. The molecule has 408 valence electrons. The number of amides is 1. The number of carbonyl (C=O) groups is 2. The van der Waals surface area contributed by atoms with Gasteiger partial charge in [0.15, 0.2) is 22.9 Å². The Morgan fingerprint density at radius 3 is 1.50 bits per heavy atom. The van der Waals surface area contributed by atoms with Crippen LogP contribution in [0.4, 0.5) is 11.6 Å². The molecule has 82 heavy (non-hydrogen) atoms. The minimum absolute atomic E-state index is 0. The van der Waals surface area contributed by atoms with Gasteiger partial charge in [-0.1, -0.05) is 91.8 Å². The Morgan fingerprint density at radius 2 is 1.05 bits per heavy atom. The number of carbonyl (C=O) groups excluding carboxylic acids is 1. The highest BCUT2D eigenvalue weighted by atomic mass is 16.4. The Kier molecular flexibility index (Phi) is 16.0. The van der Waals surface area contributed by atoms with Gasteiger partial charge >= 0.3 is 5.97 Å². The lowest BCUT2D eigenvalue weighted by molar-refractivity contribution is 0.0699. The van der Waals surface area contributed by atoms with E-state index in [0.717, 1.165) is 27.9 Å². The average Bonchev–Trinajstić information content (AvgIpc) is 4.25. The van der Waals surface area contributed by atoms with E-state index in [1.54, 1.807) is 61.6 Å². The number of rotatable bonds is 7. The summed E-state index contributed by atoms with van der Waals surface area (Å²) in [6, 6.07) is 36.5. The number of anilines is 2. The molecule has 8 heterocycles. The molecule has 0 saturated carbocycles. The van der Waals surface area contributed by atoms with Crippen molar-refractivity contribution in [3.63, 3.8) is 0 Å². The van der Waals surface area contributed by atoms with Gasteiger partial charge < -0.3 is 27.6 Å². The van der Waals surface area contributed by atoms with Crippen molar-refractivity contribution in [3.8, 4) is 35.1 Å². The molecule has 0 bridgehead atoms. The molecule has 12 rings (SSSR count). The molecule has 0 spiro atoms. The van der Waals surface area contributed by atoms with Crippen molar-refractivity contribution >= 4 is 56.4 Å². The Hall–Kier alpha value is -11.4. The van der Waals surface area contributed by atoms with Crippen LogP contribution in [0, 0.1) is 23.7 Å². The van der Waals surface area contributed by atoms with Crippen molar-refractivity contribution < 1.29 is 14.7 Å². The number of aryl methyl sites for hydroxylation is 2. The van der Waals surface area contributed by atoms with Crippen LogP contribution in [0.25, 0.3) is 44.2 Å². The number of hydrogen-bond donors (Lipinski definition) is 5. The molecule has 0 radical (unpaired) electrons. The van der Waals surface area contributed by atoms with Crippen molar-refractivity contribution in [3.05, 3.63) is 236 Å².